The topological polar surface area (TPSA) is 81.8 Å². The lowest BCUT2D eigenvalue weighted by molar-refractivity contribution is -0.119. The molecular weight excluding hydrogens is 428 g/mol. The standard InChI is InChI=1S/C24H29ClN4O3/c1-28(2)16-20(15-22(30)26-19-10-8-18(25)9-11-19)27-24(32)17-6-12-21(13-7-17)29-14-4-3-5-23(29)31/h6-13,20H,3-5,14-16H2,1-2H3,(H,26,30)(H,27,32). The maximum Gasteiger partial charge on any atom is 0.251 e. The van der Waals surface area contributed by atoms with Crippen LogP contribution in [0.3, 0.4) is 0 Å². The van der Waals surface area contributed by atoms with Crippen molar-refractivity contribution in [3.8, 4) is 0 Å². The summed E-state index contributed by atoms with van der Waals surface area (Å²) in [5.41, 5.74) is 1.94. The molecule has 1 fully saturated rings. The van der Waals surface area contributed by atoms with Crippen LogP contribution >= 0.6 is 11.6 Å². The second-order valence-corrected chi connectivity index (χ2v) is 8.68. The zero-order valence-electron chi connectivity index (χ0n) is 18.4. The highest BCUT2D eigenvalue weighted by Crippen LogP contribution is 2.21. The minimum atomic E-state index is -0.367. The van der Waals surface area contributed by atoms with E-state index in [1.54, 1.807) is 53.4 Å². The summed E-state index contributed by atoms with van der Waals surface area (Å²) in [6.07, 6.45) is 2.60. The number of piperidine rings is 1. The first kappa shape index (κ1) is 23.8. The average molecular weight is 457 g/mol. The molecule has 8 heteroatoms. The lowest BCUT2D eigenvalue weighted by atomic mass is 10.1. The maximum absolute atomic E-state index is 12.8. The van der Waals surface area contributed by atoms with Crippen LogP contribution in [0, 0.1) is 0 Å². The lowest BCUT2D eigenvalue weighted by Gasteiger charge is -2.27. The number of nitrogens with one attached hydrogen (secondary N) is 2. The van der Waals surface area contributed by atoms with Crippen molar-refractivity contribution in [2.24, 2.45) is 0 Å². The summed E-state index contributed by atoms with van der Waals surface area (Å²) in [6.45, 7) is 1.22. The predicted molar refractivity (Wildman–Crippen MR) is 127 cm³/mol. The van der Waals surface area contributed by atoms with E-state index in [2.05, 4.69) is 10.6 Å². The van der Waals surface area contributed by atoms with Crippen LogP contribution in [-0.4, -0.2) is 55.8 Å². The Labute approximate surface area is 193 Å². The van der Waals surface area contributed by atoms with E-state index in [1.165, 1.54) is 0 Å². The molecule has 1 atom stereocenters. The van der Waals surface area contributed by atoms with Gasteiger partial charge in [0.15, 0.2) is 0 Å². The molecule has 7 nitrogen and oxygen atoms in total. The molecule has 0 bridgehead atoms. The molecule has 0 aliphatic carbocycles. The number of anilines is 2. The van der Waals surface area contributed by atoms with Gasteiger partial charge in [-0.15, -0.1) is 0 Å². The first-order valence-electron chi connectivity index (χ1n) is 10.7. The fraction of sp³-hybridized carbons (Fsp3) is 0.375. The number of rotatable bonds is 8. The Morgan fingerprint density at radius 1 is 1.06 bits per heavy atom. The molecule has 1 aliphatic heterocycles. The SMILES string of the molecule is CN(C)CC(CC(=O)Nc1ccc(Cl)cc1)NC(=O)c1ccc(N2CCCCC2=O)cc1. The van der Waals surface area contributed by atoms with Gasteiger partial charge in [0.05, 0.1) is 6.04 Å². The van der Waals surface area contributed by atoms with Crippen molar-refractivity contribution >= 4 is 40.7 Å². The van der Waals surface area contributed by atoms with Gasteiger partial charge in [0.1, 0.15) is 0 Å². The van der Waals surface area contributed by atoms with E-state index >= 15 is 0 Å². The van der Waals surface area contributed by atoms with Crippen LogP contribution in [0.2, 0.25) is 5.02 Å². The van der Waals surface area contributed by atoms with Gasteiger partial charge in [0.25, 0.3) is 5.91 Å². The van der Waals surface area contributed by atoms with Crippen LogP contribution in [-0.2, 0) is 9.59 Å². The van der Waals surface area contributed by atoms with E-state index in [0.717, 1.165) is 18.5 Å². The van der Waals surface area contributed by atoms with Gasteiger partial charge in [-0.1, -0.05) is 11.6 Å². The van der Waals surface area contributed by atoms with E-state index in [1.807, 2.05) is 19.0 Å². The van der Waals surface area contributed by atoms with Crippen LogP contribution in [0.1, 0.15) is 36.0 Å². The van der Waals surface area contributed by atoms with Gasteiger partial charge in [-0.3, -0.25) is 14.4 Å². The molecule has 0 saturated carbocycles. The molecule has 1 aliphatic rings. The van der Waals surface area contributed by atoms with Crippen LogP contribution < -0.4 is 15.5 Å². The zero-order valence-corrected chi connectivity index (χ0v) is 19.2. The second kappa shape index (κ2) is 11.1. The van der Waals surface area contributed by atoms with E-state index in [0.29, 0.717) is 35.8 Å². The van der Waals surface area contributed by atoms with Gasteiger partial charge in [-0.2, -0.15) is 0 Å². The number of hydrogen-bond acceptors (Lipinski definition) is 4. The molecule has 2 N–H and O–H groups in total. The molecule has 32 heavy (non-hydrogen) atoms. The van der Waals surface area contributed by atoms with Gasteiger partial charge in [0.2, 0.25) is 11.8 Å². The number of amides is 3. The molecule has 1 unspecified atom stereocenters. The van der Waals surface area contributed by atoms with Gasteiger partial charge in [-0.25, -0.2) is 0 Å². The molecule has 170 valence electrons. The van der Waals surface area contributed by atoms with Crippen molar-refractivity contribution in [2.45, 2.75) is 31.7 Å². The van der Waals surface area contributed by atoms with E-state index in [9.17, 15) is 14.4 Å². The zero-order chi connectivity index (χ0) is 23.1. The molecule has 0 spiro atoms. The van der Waals surface area contributed by atoms with Gasteiger partial charge in [-0.05, 0) is 75.5 Å². The third kappa shape index (κ3) is 6.80. The van der Waals surface area contributed by atoms with Crippen LogP contribution in [0.25, 0.3) is 0 Å². The van der Waals surface area contributed by atoms with E-state index < -0.39 is 0 Å². The number of benzene rings is 2. The fourth-order valence-electron chi connectivity index (χ4n) is 3.71. The Morgan fingerprint density at radius 3 is 2.38 bits per heavy atom. The first-order valence-corrected chi connectivity index (χ1v) is 11.1. The highest BCUT2D eigenvalue weighted by Gasteiger charge is 2.21. The number of nitrogens with zero attached hydrogens (tertiary/aromatic N) is 2. The van der Waals surface area contributed by atoms with Crippen molar-refractivity contribution in [2.75, 3.05) is 37.4 Å². The number of likely N-dealkylation sites (N-methyl/N-ethyl adjacent to an activating group) is 1. The van der Waals surface area contributed by atoms with Crippen molar-refractivity contribution in [1.29, 1.82) is 0 Å². The van der Waals surface area contributed by atoms with Crippen molar-refractivity contribution < 1.29 is 14.4 Å². The summed E-state index contributed by atoms with van der Waals surface area (Å²) in [5.74, 6) is -0.336. The van der Waals surface area contributed by atoms with E-state index in [4.69, 9.17) is 11.6 Å². The molecule has 3 amide bonds. The maximum atomic E-state index is 12.8. The van der Waals surface area contributed by atoms with Crippen molar-refractivity contribution in [3.63, 3.8) is 0 Å². The van der Waals surface area contributed by atoms with Gasteiger partial charge < -0.3 is 20.4 Å². The number of carbonyl (C=O) groups is 3. The molecule has 0 aromatic heterocycles. The monoisotopic (exact) mass is 456 g/mol. The molecular formula is C24H29ClN4O3. The normalized spacial score (nSPS) is 14.9. The number of hydrogen-bond donors (Lipinski definition) is 2. The van der Waals surface area contributed by atoms with Crippen LogP contribution in [0.15, 0.2) is 48.5 Å². The van der Waals surface area contributed by atoms with Gasteiger partial charge in [0, 0.05) is 47.9 Å². The summed E-state index contributed by atoms with van der Waals surface area (Å²) < 4.78 is 0. The fourth-order valence-corrected chi connectivity index (χ4v) is 3.84. The van der Waals surface area contributed by atoms with Crippen LogP contribution in [0.4, 0.5) is 11.4 Å². The molecule has 2 aromatic rings. The smallest absolute Gasteiger partial charge is 0.251 e. The summed E-state index contributed by atoms with van der Waals surface area (Å²) in [5, 5.41) is 6.38. The summed E-state index contributed by atoms with van der Waals surface area (Å²) >= 11 is 5.88. The predicted octanol–water partition coefficient (Wildman–Crippen LogP) is 3.55. The summed E-state index contributed by atoms with van der Waals surface area (Å²) in [7, 11) is 3.78. The van der Waals surface area contributed by atoms with Crippen LogP contribution in [0.5, 0.6) is 0 Å². The lowest BCUT2D eigenvalue weighted by Crippen LogP contribution is -2.43. The Bertz CT molecular complexity index is 945. The van der Waals surface area contributed by atoms with Crippen molar-refractivity contribution in [3.05, 3.63) is 59.1 Å². The highest BCUT2D eigenvalue weighted by atomic mass is 35.5. The van der Waals surface area contributed by atoms with Crippen molar-refractivity contribution in [1.82, 2.24) is 10.2 Å². The van der Waals surface area contributed by atoms with Gasteiger partial charge >= 0.3 is 0 Å². The Balaban J connectivity index is 1.61. The Kier molecular flexibility index (Phi) is 8.25. The summed E-state index contributed by atoms with van der Waals surface area (Å²) in [4.78, 5) is 41.1. The first-order chi connectivity index (χ1) is 15.3. The molecule has 3 rings (SSSR count). The second-order valence-electron chi connectivity index (χ2n) is 8.24. The largest absolute Gasteiger partial charge is 0.347 e. The molecule has 2 aromatic carbocycles. The molecule has 1 heterocycles. The molecule has 1 saturated heterocycles. The Hall–Kier alpha value is -2.90. The number of halogens is 1. The average Bonchev–Trinajstić information content (AvgIpc) is 2.75. The quantitative estimate of drug-likeness (QED) is 0.636. The Morgan fingerprint density at radius 2 is 1.75 bits per heavy atom. The summed E-state index contributed by atoms with van der Waals surface area (Å²) in [6, 6.07) is 13.5. The highest BCUT2D eigenvalue weighted by molar-refractivity contribution is 6.30. The third-order valence-corrected chi connectivity index (χ3v) is 5.50. The third-order valence-electron chi connectivity index (χ3n) is 5.25. The minimum Gasteiger partial charge on any atom is -0.347 e. The van der Waals surface area contributed by atoms with E-state index in [-0.39, 0.29) is 30.2 Å². The number of carbonyl (C=O) groups excluding carboxylic acids is 3. The minimum absolute atomic E-state index is 0.117. The molecule has 0 radical (unpaired) electrons.